The standard InChI is InChI=1S/C17H15N3O4/c21-14(13-7-3-5-11-4-1-2-6-12(11)13)10-18-16(22)17(23)19-15-8-9-24-20-15/h1-9,14,21H,10H2,(H,18,22)(H,19,20,23)/t14-/m1/s1. The van der Waals surface area contributed by atoms with Gasteiger partial charge in [-0.1, -0.05) is 47.6 Å². The quantitative estimate of drug-likeness (QED) is 0.632. The number of nitrogens with zero attached hydrogens (tertiary/aromatic N) is 1. The van der Waals surface area contributed by atoms with Crippen LogP contribution in [0.2, 0.25) is 0 Å². The predicted molar refractivity (Wildman–Crippen MR) is 87.1 cm³/mol. The maximum absolute atomic E-state index is 11.8. The van der Waals surface area contributed by atoms with Crippen molar-refractivity contribution in [3.63, 3.8) is 0 Å². The molecule has 2 amide bonds. The molecule has 0 saturated carbocycles. The molecule has 0 radical (unpaired) electrons. The Morgan fingerprint density at radius 1 is 1.08 bits per heavy atom. The number of benzene rings is 2. The van der Waals surface area contributed by atoms with Gasteiger partial charge in [0.25, 0.3) is 0 Å². The molecule has 24 heavy (non-hydrogen) atoms. The molecule has 122 valence electrons. The van der Waals surface area contributed by atoms with Crippen molar-refractivity contribution in [1.82, 2.24) is 10.5 Å². The van der Waals surface area contributed by atoms with Crippen molar-refractivity contribution in [3.05, 3.63) is 60.4 Å². The molecule has 7 nitrogen and oxygen atoms in total. The molecular weight excluding hydrogens is 310 g/mol. The van der Waals surface area contributed by atoms with Gasteiger partial charge in [0, 0.05) is 12.6 Å². The van der Waals surface area contributed by atoms with Gasteiger partial charge in [0.2, 0.25) is 0 Å². The average Bonchev–Trinajstić information content (AvgIpc) is 3.11. The van der Waals surface area contributed by atoms with Crippen molar-refractivity contribution in [2.75, 3.05) is 11.9 Å². The molecular formula is C17H15N3O4. The highest BCUT2D eigenvalue weighted by Crippen LogP contribution is 2.23. The first-order valence-electron chi connectivity index (χ1n) is 7.30. The molecule has 3 aromatic rings. The SMILES string of the molecule is O=C(NC[C@@H](O)c1cccc2ccccc12)C(=O)Nc1ccon1. The summed E-state index contributed by atoms with van der Waals surface area (Å²) in [7, 11) is 0. The Morgan fingerprint density at radius 3 is 2.67 bits per heavy atom. The summed E-state index contributed by atoms with van der Waals surface area (Å²) in [6, 6.07) is 14.6. The van der Waals surface area contributed by atoms with Gasteiger partial charge in [-0.05, 0) is 16.3 Å². The van der Waals surface area contributed by atoms with E-state index in [1.165, 1.54) is 12.3 Å². The highest BCUT2D eigenvalue weighted by Gasteiger charge is 2.17. The van der Waals surface area contributed by atoms with Crippen LogP contribution in [-0.2, 0) is 9.59 Å². The molecule has 0 spiro atoms. The summed E-state index contributed by atoms with van der Waals surface area (Å²) >= 11 is 0. The van der Waals surface area contributed by atoms with E-state index in [9.17, 15) is 14.7 Å². The lowest BCUT2D eigenvalue weighted by atomic mass is 10.0. The number of rotatable bonds is 4. The number of fused-ring (bicyclic) bond motifs is 1. The second kappa shape index (κ2) is 6.93. The van der Waals surface area contributed by atoms with Gasteiger partial charge in [0.05, 0.1) is 6.10 Å². The smallest absolute Gasteiger partial charge is 0.314 e. The lowest BCUT2D eigenvalue weighted by Crippen LogP contribution is -2.37. The Hall–Kier alpha value is -3.19. The largest absolute Gasteiger partial charge is 0.387 e. The van der Waals surface area contributed by atoms with E-state index in [0.717, 1.165) is 10.8 Å². The number of carbonyl (C=O) groups excluding carboxylic acids is 2. The van der Waals surface area contributed by atoms with Crippen LogP contribution < -0.4 is 10.6 Å². The summed E-state index contributed by atoms with van der Waals surface area (Å²) in [6.45, 7) is -0.0842. The van der Waals surface area contributed by atoms with Crippen LogP contribution in [0.1, 0.15) is 11.7 Å². The molecule has 3 N–H and O–H groups in total. The molecule has 0 unspecified atom stereocenters. The number of carbonyl (C=O) groups is 2. The van der Waals surface area contributed by atoms with Crippen LogP contribution in [0.25, 0.3) is 10.8 Å². The van der Waals surface area contributed by atoms with E-state index < -0.39 is 17.9 Å². The third-order valence-electron chi connectivity index (χ3n) is 3.52. The van der Waals surface area contributed by atoms with Gasteiger partial charge in [-0.3, -0.25) is 14.9 Å². The lowest BCUT2D eigenvalue weighted by molar-refractivity contribution is -0.136. The van der Waals surface area contributed by atoms with Gasteiger partial charge < -0.3 is 14.9 Å². The van der Waals surface area contributed by atoms with Crippen LogP contribution in [0, 0.1) is 0 Å². The van der Waals surface area contributed by atoms with Gasteiger partial charge >= 0.3 is 11.8 Å². The molecule has 0 bridgehead atoms. The summed E-state index contributed by atoms with van der Waals surface area (Å²) in [5.41, 5.74) is 0.685. The zero-order valence-electron chi connectivity index (χ0n) is 12.6. The average molecular weight is 325 g/mol. The maximum atomic E-state index is 11.8. The first-order chi connectivity index (χ1) is 11.6. The topological polar surface area (TPSA) is 104 Å². The number of hydrogen-bond acceptors (Lipinski definition) is 5. The van der Waals surface area contributed by atoms with Crippen molar-refractivity contribution < 1.29 is 19.2 Å². The van der Waals surface area contributed by atoms with Crippen LogP contribution in [0.5, 0.6) is 0 Å². The predicted octanol–water partition coefficient (Wildman–Crippen LogP) is 1.62. The molecule has 0 aliphatic heterocycles. The number of anilines is 1. The molecule has 0 aliphatic rings. The second-order valence-electron chi connectivity index (χ2n) is 5.13. The Balaban J connectivity index is 1.63. The Labute approximate surface area is 137 Å². The lowest BCUT2D eigenvalue weighted by Gasteiger charge is -2.14. The van der Waals surface area contributed by atoms with E-state index in [2.05, 4.69) is 20.3 Å². The highest BCUT2D eigenvalue weighted by molar-refractivity contribution is 6.39. The third kappa shape index (κ3) is 3.41. The molecule has 2 aromatic carbocycles. The number of hydrogen-bond donors (Lipinski definition) is 3. The van der Waals surface area contributed by atoms with E-state index in [-0.39, 0.29) is 12.4 Å². The normalized spacial score (nSPS) is 11.9. The van der Waals surface area contributed by atoms with Gasteiger partial charge in [0.15, 0.2) is 5.82 Å². The Bertz CT molecular complexity index is 856. The Kier molecular flexibility index (Phi) is 4.53. The van der Waals surface area contributed by atoms with Crippen molar-refractivity contribution >= 4 is 28.4 Å². The monoisotopic (exact) mass is 325 g/mol. The van der Waals surface area contributed by atoms with Gasteiger partial charge in [-0.25, -0.2) is 0 Å². The number of amides is 2. The van der Waals surface area contributed by atoms with Crippen LogP contribution >= 0.6 is 0 Å². The van der Waals surface area contributed by atoms with E-state index in [1.807, 2.05) is 36.4 Å². The molecule has 0 aliphatic carbocycles. The maximum Gasteiger partial charge on any atom is 0.314 e. The summed E-state index contributed by atoms with van der Waals surface area (Å²) in [5, 5.41) is 20.4. The second-order valence-corrected chi connectivity index (χ2v) is 5.13. The fourth-order valence-electron chi connectivity index (χ4n) is 2.37. The van der Waals surface area contributed by atoms with Crippen molar-refractivity contribution in [1.29, 1.82) is 0 Å². The summed E-state index contributed by atoms with van der Waals surface area (Å²) < 4.78 is 4.56. The molecule has 7 heteroatoms. The summed E-state index contributed by atoms with van der Waals surface area (Å²) in [4.78, 5) is 23.5. The summed E-state index contributed by atoms with van der Waals surface area (Å²) in [5.74, 6) is -1.60. The minimum atomic E-state index is -0.931. The summed E-state index contributed by atoms with van der Waals surface area (Å²) in [6.07, 6.45) is 0.345. The number of aromatic nitrogens is 1. The van der Waals surface area contributed by atoms with E-state index in [1.54, 1.807) is 6.07 Å². The van der Waals surface area contributed by atoms with Crippen LogP contribution in [0.4, 0.5) is 5.82 Å². The molecule has 1 atom stereocenters. The van der Waals surface area contributed by atoms with E-state index in [4.69, 9.17) is 0 Å². The fourth-order valence-corrected chi connectivity index (χ4v) is 2.37. The number of nitrogens with one attached hydrogen (secondary N) is 2. The first kappa shape index (κ1) is 15.7. The van der Waals surface area contributed by atoms with Crippen molar-refractivity contribution in [2.24, 2.45) is 0 Å². The van der Waals surface area contributed by atoms with Gasteiger partial charge in [0.1, 0.15) is 6.26 Å². The first-order valence-corrected chi connectivity index (χ1v) is 7.30. The number of aliphatic hydroxyl groups is 1. The van der Waals surface area contributed by atoms with E-state index in [0.29, 0.717) is 5.56 Å². The minimum Gasteiger partial charge on any atom is -0.387 e. The van der Waals surface area contributed by atoms with Crippen molar-refractivity contribution in [3.8, 4) is 0 Å². The molecule has 0 fully saturated rings. The van der Waals surface area contributed by atoms with Crippen molar-refractivity contribution in [2.45, 2.75) is 6.10 Å². The fraction of sp³-hybridized carbons (Fsp3) is 0.118. The van der Waals surface area contributed by atoms with Crippen LogP contribution in [-0.4, -0.2) is 28.6 Å². The van der Waals surface area contributed by atoms with Gasteiger partial charge in [-0.2, -0.15) is 0 Å². The zero-order valence-corrected chi connectivity index (χ0v) is 12.6. The van der Waals surface area contributed by atoms with Crippen LogP contribution in [0.3, 0.4) is 0 Å². The zero-order chi connectivity index (χ0) is 16.9. The van der Waals surface area contributed by atoms with Gasteiger partial charge in [-0.15, -0.1) is 0 Å². The van der Waals surface area contributed by atoms with E-state index >= 15 is 0 Å². The minimum absolute atomic E-state index is 0.0842. The highest BCUT2D eigenvalue weighted by atomic mass is 16.5. The third-order valence-corrected chi connectivity index (χ3v) is 3.52. The molecule has 0 saturated heterocycles. The Morgan fingerprint density at radius 2 is 1.88 bits per heavy atom. The van der Waals surface area contributed by atoms with Crippen LogP contribution in [0.15, 0.2) is 59.3 Å². The molecule has 1 heterocycles. The number of aliphatic hydroxyl groups excluding tert-OH is 1. The molecule has 3 rings (SSSR count). The molecule has 1 aromatic heterocycles.